The van der Waals surface area contributed by atoms with Gasteiger partial charge < -0.3 is 4.74 Å². The summed E-state index contributed by atoms with van der Waals surface area (Å²) in [5.41, 5.74) is 2.57. The van der Waals surface area contributed by atoms with Gasteiger partial charge in [0.1, 0.15) is 5.60 Å². The van der Waals surface area contributed by atoms with Gasteiger partial charge in [-0.1, -0.05) is 0 Å². The Morgan fingerprint density at radius 3 is 2.67 bits per heavy atom. The van der Waals surface area contributed by atoms with Crippen LogP contribution in [0.4, 0.5) is 4.79 Å². The Bertz CT molecular complexity index is 426. The summed E-state index contributed by atoms with van der Waals surface area (Å²) in [5.74, 6) is 0. The van der Waals surface area contributed by atoms with E-state index in [1.165, 1.54) is 6.21 Å². The van der Waals surface area contributed by atoms with Crippen LogP contribution >= 0.6 is 11.6 Å². The number of nitrogens with one attached hydrogen (secondary N) is 1. The van der Waals surface area contributed by atoms with Crippen LogP contribution < -0.4 is 5.43 Å². The summed E-state index contributed by atoms with van der Waals surface area (Å²) in [6, 6.07) is 0. The monoisotopic (exact) mass is 270 g/mol. The lowest BCUT2D eigenvalue weighted by atomic mass is 10.2. The zero-order valence-corrected chi connectivity index (χ0v) is 11.2. The van der Waals surface area contributed by atoms with Crippen LogP contribution in [0, 0.1) is 0 Å². The van der Waals surface area contributed by atoms with Crippen molar-refractivity contribution in [1.29, 1.82) is 0 Å². The van der Waals surface area contributed by atoms with Crippen molar-refractivity contribution >= 4 is 23.9 Å². The average molecular weight is 271 g/mol. The molecule has 1 rings (SSSR count). The van der Waals surface area contributed by atoms with Crippen molar-refractivity contribution in [1.82, 2.24) is 15.4 Å². The molecule has 0 saturated heterocycles. The van der Waals surface area contributed by atoms with Gasteiger partial charge in [-0.25, -0.2) is 20.2 Å². The zero-order valence-electron chi connectivity index (χ0n) is 10.5. The molecule has 1 aromatic rings. The van der Waals surface area contributed by atoms with Crippen molar-refractivity contribution in [2.24, 2.45) is 5.10 Å². The molecular formula is C11H15ClN4O2. The Labute approximate surface area is 110 Å². The van der Waals surface area contributed by atoms with Crippen molar-refractivity contribution in [2.75, 3.05) is 0 Å². The molecular weight excluding hydrogens is 256 g/mol. The van der Waals surface area contributed by atoms with Crippen LogP contribution in [0.25, 0.3) is 0 Å². The maximum absolute atomic E-state index is 11.2. The predicted molar refractivity (Wildman–Crippen MR) is 68.6 cm³/mol. The van der Waals surface area contributed by atoms with Gasteiger partial charge in [-0.2, -0.15) is 5.10 Å². The molecule has 0 fully saturated rings. The molecule has 0 aromatic carbocycles. The molecule has 0 aliphatic rings. The summed E-state index contributed by atoms with van der Waals surface area (Å²) < 4.78 is 5.00. The smallest absolute Gasteiger partial charge is 0.428 e. The van der Waals surface area contributed by atoms with E-state index in [0.29, 0.717) is 6.42 Å². The van der Waals surface area contributed by atoms with Crippen molar-refractivity contribution in [2.45, 2.75) is 32.8 Å². The molecule has 7 heteroatoms. The summed E-state index contributed by atoms with van der Waals surface area (Å²) >= 11 is 5.55. The second kappa shape index (κ2) is 6.30. The lowest BCUT2D eigenvalue weighted by Gasteiger charge is -2.18. The number of nitrogens with zero attached hydrogens (tertiary/aromatic N) is 3. The fourth-order valence-corrected chi connectivity index (χ4v) is 1.09. The molecule has 1 amide bonds. The quantitative estimate of drug-likeness (QED) is 0.519. The van der Waals surface area contributed by atoms with E-state index >= 15 is 0 Å². The molecule has 1 aromatic heterocycles. The van der Waals surface area contributed by atoms with Crippen molar-refractivity contribution in [3.63, 3.8) is 0 Å². The van der Waals surface area contributed by atoms with Crippen LogP contribution in [0.3, 0.4) is 0 Å². The van der Waals surface area contributed by atoms with Gasteiger partial charge in [0, 0.05) is 25.0 Å². The molecule has 0 bridgehead atoms. The fraction of sp³-hybridized carbons (Fsp3) is 0.455. The normalized spacial score (nSPS) is 11.6. The molecule has 1 N–H and O–H groups in total. The molecule has 6 nitrogen and oxygen atoms in total. The van der Waals surface area contributed by atoms with Crippen LogP contribution in [0.2, 0.25) is 5.28 Å². The summed E-state index contributed by atoms with van der Waals surface area (Å²) in [6.45, 7) is 5.34. The number of rotatable bonds is 3. The predicted octanol–water partition coefficient (Wildman–Crippen LogP) is 2.18. The molecule has 0 atom stereocenters. The Kier molecular flexibility index (Phi) is 5.03. The second-order valence-electron chi connectivity index (χ2n) is 4.49. The minimum Gasteiger partial charge on any atom is -0.443 e. The highest BCUT2D eigenvalue weighted by Crippen LogP contribution is 2.06. The number of halogens is 1. The highest BCUT2D eigenvalue weighted by molar-refractivity contribution is 6.28. The molecule has 0 saturated carbocycles. The van der Waals surface area contributed by atoms with Gasteiger partial charge in [-0.3, -0.25) is 0 Å². The topological polar surface area (TPSA) is 76.5 Å². The van der Waals surface area contributed by atoms with Crippen molar-refractivity contribution < 1.29 is 9.53 Å². The summed E-state index contributed by atoms with van der Waals surface area (Å²) in [5, 5.41) is 3.93. The minimum atomic E-state index is -0.592. The van der Waals surface area contributed by atoms with E-state index in [2.05, 4.69) is 20.5 Å². The molecule has 0 unspecified atom stereocenters. The second-order valence-corrected chi connectivity index (χ2v) is 4.83. The van der Waals surface area contributed by atoms with Crippen LogP contribution in [0.15, 0.2) is 17.5 Å². The van der Waals surface area contributed by atoms with E-state index < -0.39 is 11.7 Å². The molecule has 98 valence electrons. The third-order valence-electron chi connectivity index (χ3n) is 1.65. The molecule has 1 heterocycles. The first-order chi connectivity index (χ1) is 8.37. The van der Waals surface area contributed by atoms with Gasteiger partial charge in [0.2, 0.25) is 5.28 Å². The zero-order chi connectivity index (χ0) is 13.6. The molecule has 0 spiro atoms. The Morgan fingerprint density at radius 1 is 1.50 bits per heavy atom. The van der Waals surface area contributed by atoms with Crippen LogP contribution in [0.5, 0.6) is 0 Å². The van der Waals surface area contributed by atoms with Crippen LogP contribution in [-0.4, -0.2) is 27.9 Å². The third-order valence-corrected chi connectivity index (χ3v) is 1.84. The molecule has 0 radical (unpaired) electrons. The van der Waals surface area contributed by atoms with E-state index in [0.717, 1.165) is 5.56 Å². The molecule has 0 aliphatic carbocycles. The number of amides is 1. The van der Waals surface area contributed by atoms with Gasteiger partial charge in [0.25, 0.3) is 0 Å². The minimum absolute atomic E-state index is 0.197. The summed E-state index contributed by atoms with van der Waals surface area (Å²) in [6.07, 6.45) is 4.61. The number of hydrazone groups is 1. The molecule has 0 aliphatic heterocycles. The van der Waals surface area contributed by atoms with Crippen molar-refractivity contribution in [3.05, 3.63) is 23.2 Å². The van der Waals surface area contributed by atoms with E-state index in [1.807, 2.05) is 0 Å². The van der Waals surface area contributed by atoms with Gasteiger partial charge in [0.15, 0.2) is 0 Å². The average Bonchev–Trinajstić information content (AvgIpc) is 2.24. The lowest BCUT2D eigenvalue weighted by Crippen LogP contribution is -2.29. The van der Waals surface area contributed by atoms with Gasteiger partial charge in [-0.15, -0.1) is 0 Å². The highest BCUT2D eigenvalue weighted by Gasteiger charge is 2.15. The van der Waals surface area contributed by atoms with E-state index in [4.69, 9.17) is 16.3 Å². The SMILES string of the molecule is CC(C)(C)OC(=O)N/N=C\Cc1cnc(Cl)nc1. The number of hydrogen-bond donors (Lipinski definition) is 1. The van der Waals surface area contributed by atoms with E-state index in [1.54, 1.807) is 33.2 Å². The fourth-order valence-electron chi connectivity index (χ4n) is 0.995. The number of carbonyl (C=O) groups is 1. The Morgan fingerprint density at radius 2 is 2.11 bits per heavy atom. The van der Waals surface area contributed by atoms with E-state index in [9.17, 15) is 4.79 Å². The first kappa shape index (κ1) is 14.4. The maximum Gasteiger partial charge on any atom is 0.428 e. The number of aromatic nitrogens is 2. The van der Waals surface area contributed by atoms with Gasteiger partial charge in [0.05, 0.1) is 0 Å². The highest BCUT2D eigenvalue weighted by atomic mass is 35.5. The first-order valence-corrected chi connectivity index (χ1v) is 5.71. The van der Waals surface area contributed by atoms with Crippen LogP contribution in [-0.2, 0) is 11.2 Å². The maximum atomic E-state index is 11.2. The number of carbonyl (C=O) groups excluding carboxylic acids is 1. The van der Waals surface area contributed by atoms with Crippen molar-refractivity contribution in [3.8, 4) is 0 Å². The Hall–Kier alpha value is -1.69. The third kappa shape index (κ3) is 6.15. The summed E-state index contributed by atoms with van der Waals surface area (Å²) in [7, 11) is 0. The van der Waals surface area contributed by atoms with Crippen LogP contribution in [0.1, 0.15) is 26.3 Å². The molecule has 18 heavy (non-hydrogen) atoms. The number of hydrogen-bond acceptors (Lipinski definition) is 5. The summed E-state index contributed by atoms with van der Waals surface area (Å²) in [4.78, 5) is 18.9. The lowest BCUT2D eigenvalue weighted by molar-refractivity contribution is 0.0529. The van der Waals surface area contributed by atoms with Gasteiger partial charge in [-0.05, 0) is 37.9 Å². The standard InChI is InChI=1S/C11H15ClN4O2/c1-11(2,3)18-10(17)16-15-5-4-8-6-13-9(12)14-7-8/h5-7H,4H2,1-3H3,(H,16,17)/b15-5-. The number of ether oxygens (including phenoxy) is 1. The van der Waals surface area contributed by atoms with Gasteiger partial charge >= 0.3 is 6.09 Å². The first-order valence-electron chi connectivity index (χ1n) is 5.34. The Balaban J connectivity index is 2.33. The van der Waals surface area contributed by atoms with E-state index in [-0.39, 0.29) is 5.28 Å². The largest absolute Gasteiger partial charge is 0.443 e.